The highest BCUT2D eigenvalue weighted by Gasteiger charge is 2.33. The molecule has 18 heavy (non-hydrogen) atoms. The second-order valence-corrected chi connectivity index (χ2v) is 5.58. The average molecular weight is 254 g/mol. The Morgan fingerprint density at radius 2 is 2.06 bits per heavy atom. The summed E-state index contributed by atoms with van der Waals surface area (Å²) in [6.45, 7) is 5.08. The number of nitriles is 1. The summed E-state index contributed by atoms with van der Waals surface area (Å²) < 4.78 is 5.09. The SMILES string of the molecule is COCCN(CCC#N)CC1(O)CCC(C)CC1. The largest absolute Gasteiger partial charge is 0.389 e. The van der Waals surface area contributed by atoms with Crippen LogP contribution in [0.2, 0.25) is 0 Å². The van der Waals surface area contributed by atoms with Crippen LogP contribution in [0.3, 0.4) is 0 Å². The fraction of sp³-hybridized carbons (Fsp3) is 0.929. The van der Waals surface area contributed by atoms with Crippen LogP contribution in [0.25, 0.3) is 0 Å². The van der Waals surface area contributed by atoms with Gasteiger partial charge in [0.2, 0.25) is 0 Å². The van der Waals surface area contributed by atoms with E-state index in [2.05, 4.69) is 17.9 Å². The highest BCUT2D eigenvalue weighted by molar-refractivity contribution is 4.88. The molecule has 0 atom stereocenters. The highest BCUT2D eigenvalue weighted by Crippen LogP contribution is 2.32. The molecule has 0 spiro atoms. The predicted molar refractivity (Wildman–Crippen MR) is 71.1 cm³/mol. The van der Waals surface area contributed by atoms with Gasteiger partial charge in [-0.05, 0) is 31.6 Å². The van der Waals surface area contributed by atoms with Crippen LogP contribution in [0.15, 0.2) is 0 Å². The Balaban J connectivity index is 2.44. The van der Waals surface area contributed by atoms with Crippen LogP contribution in [0.1, 0.15) is 39.0 Å². The number of hydrogen-bond acceptors (Lipinski definition) is 4. The van der Waals surface area contributed by atoms with Gasteiger partial charge in [0, 0.05) is 33.2 Å². The molecular weight excluding hydrogens is 228 g/mol. The standard InChI is InChI=1S/C14H26N2O2/c1-13-4-6-14(17,7-5-13)12-16(9-3-8-15)10-11-18-2/h13,17H,3-7,9-12H2,1-2H3. The molecule has 0 radical (unpaired) electrons. The predicted octanol–water partition coefficient (Wildman–Crippen LogP) is 1.79. The summed E-state index contributed by atoms with van der Waals surface area (Å²) in [4.78, 5) is 2.16. The smallest absolute Gasteiger partial charge is 0.0774 e. The quantitative estimate of drug-likeness (QED) is 0.752. The van der Waals surface area contributed by atoms with Gasteiger partial charge in [-0.15, -0.1) is 0 Å². The molecule has 0 unspecified atom stereocenters. The first-order chi connectivity index (χ1) is 8.59. The number of rotatable bonds is 7. The molecule has 1 saturated carbocycles. The lowest BCUT2D eigenvalue weighted by Crippen LogP contribution is -2.46. The van der Waals surface area contributed by atoms with Crippen LogP contribution in [0.4, 0.5) is 0 Å². The van der Waals surface area contributed by atoms with E-state index >= 15 is 0 Å². The summed E-state index contributed by atoms with van der Waals surface area (Å²) in [7, 11) is 1.68. The third kappa shape index (κ3) is 5.34. The first kappa shape index (κ1) is 15.4. The molecule has 4 heteroatoms. The van der Waals surface area contributed by atoms with Crippen molar-refractivity contribution >= 4 is 0 Å². The number of methoxy groups -OCH3 is 1. The van der Waals surface area contributed by atoms with Crippen LogP contribution in [-0.2, 0) is 4.74 Å². The molecule has 1 N–H and O–H groups in total. The molecule has 0 aromatic carbocycles. The Labute approximate surface area is 111 Å². The van der Waals surface area contributed by atoms with Crippen molar-refractivity contribution in [3.8, 4) is 6.07 Å². The topological polar surface area (TPSA) is 56.5 Å². The Hall–Kier alpha value is -0.630. The van der Waals surface area contributed by atoms with Gasteiger partial charge >= 0.3 is 0 Å². The summed E-state index contributed by atoms with van der Waals surface area (Å²) in [5, 5.41) is 19.3. The average Bonchev–Trinajstić information content (AvgIpc) is 2.37. The fourth-order valence-electron chi connectivity index (χ4n) is 2.57. The molecule has 1 aliphatic rings. The van der Waals surface area contributed by atoms with E-state index in [4.69, 9.17) is 10.00 Å². The van der Waals surface area contributed by atoms with Gasteiger partial charge in [0.15, 0.2) is 0 Å². The number of nitrogens with zero attached hydrogens (tertiary/aromatic N) is 2. The van der Waals surface area contributed by atoms with E-state index in [-0.39, 0.29) is 0 Å². The van der Waals surface area contributed by atoms with Crippen molar-refractivity contribution in [1.29, 1.82) is 5.26 Å². The van der Waals surface area contributed by atoms with Crippen molar-refractivity contribution in [1.82, 2.24) is 4.90 Å². The lowest BCUT2D eigenvalue weighted by Gasteiger charge is -2.38. The Kier molecular flexibility index (Phi) is 6.62. The van der Waals surface area contributed by atoms with Gasteiger partial charge in [-0.1, -0.05) is 6.92 Å². The van der Waals surface area contributed by atoms with Crippen molar-refractivity contribution in [3.63, 3.8) is 0 Å². The molecule has 0 bridgehead atoms. The van der Waals surface area contributed by atoms with Crippen molar-refractivity contribution < 1.29 is 9.84 Å². The van der Waals surface area contributed by atoms with E-state index < -0.39 is 5.60 Å². The Morgan fingerprint density at radius 1 is 1.39 bits per heavy atom. The van der Waals surface area contributed by atoms with Crippen LogP contribution >= 0.6 is 0 Å². The van der Waals surface area contributed by atoms with E-state index in [1.54, 1.807) is 7.11 Å². The van der Waals surface area contributed by atoms with E-state index in [1.165, 1.54) is 0 Å². The van der Waals surface area contributed by atoms with E-state index in [0.717, 1.165) is 44.7 Å². The zero-order valence-corrected chi connectivity index (χ0v) is 11.7. The van der Waals surface area contributed by atoms with E-state index in [0.29, 0.717) is 19.6 Å². The number of ether oxygens (including phenoxy) is 1. The van der Waals surface area contributed by atoms with Crippen molar-refractivity contribution in [3.05, 3.63) is 0 Å². The first-order valence-electron chi connectivity index (χ1n) is 6.90. The van der Waals surface area contributed by atoms with Gasteiger partial charge in [-0.25, -0.2) is 0 Å². The second kappa shape index (κ2) is 7.73. The molecule has 1 rings (SSSR count). The molecule has 104 valence electrons. The maximum Gasteiger partial charge on any atom is 0.0774 e. The zero-order chi connectivity index (χ0) is 13.4. The van der Waals surface area contributed by atoms with Crippen LogP contribution in [-0.4, -0.2) is 49.0 Å². The molecule has 0 aromatic heterocycles. The maximum absolute atomic E-state index is 10.6. The molecule has 0 aromatic rings. The lowest BCUT2D eigenvalue weighted by molar-refractivity contribution is -0.0379. The van der Waals surface area contributed by atoms with Crippen LogP contribution in [0.5, 0.6) is 0 Å². The summed E-state index contributed by atoms with van der Waals surface area (Å²) in [5.74, 6) is 0.733. The number of aliphatic hydroxyl groups is 1. The Bertz CT molecular complexity index is 267. The van der Waals surface area contributed by atoms with Gasteiger partial charge < -0.3 is 9.84 Å². The molecule has 0 saturated heterocycles. The van der Waals surface area contributed by atoms with Crippen molar-refractivity contribution in [2.24, 2.45) is 5.92 Å². The third-order valence-corrected chi connectivity index (χ3v) is 3.87. The zero-order valence-electron chi connectivity index (χ0n) is 11.7. The lowest BCUT2D eigenvalue weighted by atomic mass is 9.79. The van der Waals surface area contributed by atoms with E-state index in [1.807, 2.05) is 0 Å². The highest BCUT2D eigenvalue weighted by atomic mass is 16.5. The summed E-state index contributed by atoms with van der Waals surface area (Å²) in [5.41, 5.74) is -0.560. The molecule has 4 nitrogen and oxygen atoms in total. The number of hydrogen-bond donors (Lipinski definition) is 1. The molecule has 0 aliphatic heterocycles. The third-order valence-electron chi connectivity index (χ3n) is 3.87. The van der Waals surface area contributed by atoms with Crippen LogP contribution in [0, 0.1) is 17.2 Å². The fourth-order valence-corrected chi connectivity index (χ4v) is 2.57. The summed E-state index contributed by atoms with van der Waals surface area (Å²) >= 11 is 0. The molecule has 1 aliphatic carbocycles. The van der Waals surface area contributed by atoms with Gasteiger partial charge in [-0.2, -0.15) is 5.26 Å². The van der Waals surface area contributed by atoms with Crippen molar-refractivity contribution in [2.45, 2.75) is 44.6 Å². The Morgan fingerprint density at radius 3 is 2.61 bits per heavy atom. The van der Waals surface area contributed by atoms with Crippen molar-refractivity contribution in [2.75, 3.05) is 33.4 Å². The maximum atomic E-state index is 10.6. The molecule has 0 amide bonds. The minimum Gasteiger partial charge on any atom is -0.389 e. The van der Waals surface area contributed by atoms with Gasteiger partial charge in [0.25, 0.3) is 0 Å². The summed E-state index contributed by atoms with van der Waals surface area (Å²) in [6, 6.07) is 2.17. The molecule has 1 fully saturated rings. The van der Waals surface area contributed by atoms with Gasteiger partial charge in [-0.3, -0.25) is 4.90 Å². The minimum atomic E-state index is -0.560. The summed E-state index contributed by atoms with van der Waals surface area (Å²) in [6.07, 6.45) is 4.48. The van der Waals surface area contributed by atoms with Crippen LogP contribution < -0.4 is 0 Å². The minimum absolute atomic E-state index is 0.510. The normalized spacial score (nSPS) is 28.3. The first-order valence-corrected chi connectivity index (χ1v) is 6.90. The van der Waals surface area contributed by atoms with Gasteiger partial charge in [0.1, 0.15) is 0 Å². The van der Waals surface area contributed by atoms with E-state index in [9.17, 15) is 5.11 Å². The second-order valence-electron chi connectivity index (χ2n) is 5.58. The molecular formula is C14H26N2O2. The monoisotopic (exact) mass is 254 g/mol. The van der Waals surface area contributed by atoms with Gasteiger partial charge in [0.05, 0.1) is 18.3 Å². The molecule has 0 heterocycles.